The van der Waals surface area contributed by atoms with Crippen LogP contribution in [0.15, 0.2) is 30.3 Å². The van der Waals surface area contributed by atoms with Gasteiger partial charge in [0.15, 0.2) is 0 Å². The highest BCUT2D eigenvalue weighted by Gasteiger charge is 2.23. The zero-order valence-electron chi connectivity index (χ0n) is 12.6. The molecule has 1 aromatic rings. The lowest BCUT2D eigenvalue weighted by Crippen LogP contribution is -2.49. The van der Waals surface area contributed by atoms with Crippen molar-refractivity contribution in [1.82, 2.24) is 16.0 Å². The summed E-state index contributed by atoms with van der Waals surface area (Å²) in [5.74, 6) is -1.11. The highest BCUT2D eigenvalue weighted by molar-refractivity contribution is 5.91. The number of alkyl carbamates (subject to hydrolysis) is 1. The van der Waals surface area contributed by atoms with Gasteiger partial charge in [-0.05, 0) is 5.56 Å². The second-order valence-corrected chi connectivity index (χ2v) is 4.50. The molecule has 0 spiro atoms. The van der Waals surface area contributed by atoms with Crippen molar-refractivity contribution in [2.24, 2.45) is 0 Å². The molecule has 0 aliphatic carbocycles. The van der Waals surface area contributed by atoms with Crippen molar-refractivity contribution < 1.29 is 23.9 Å². The van der Waals surface area contributed by atoms with Gasteiger partial charge in [0.25, 0.3) is 0 Å². The molecule has 0 saturated heterocycles. The average Bonchev–Trinajstić information content (AvgIpc) is 2.58. The minimum absolute atomic E-state index is 0.0309. The van der Waals surface area contributed by atoms with Crippen molar-refractivity contribution in [3.63, 3.8) is 0 Å². The summed E-state index contributed by atoms with van der Waals surface area (Å²) in [6, 6.07) is 7.84. The van der Waals surface area contributed by atoms with E-state index in [-0.39, 0.29) is 19.6 Å². The predicted molar refractivity (Wildman–Crippen MR) is 80.9 cm³/mol. The van der Waals surface area contributed by atoms with Crippen LogP contribution in [-0.2, 0) is 25.7 Å². The predicted octanol–water partition coefficient (Wildman–Crippen LogP) is -0.357. The summed E-state index contributed by atoms with van der Waals surface area (Å²) in [4.78, 5) is 45.1. The van der Waals surface area contributed by atoms with Gasteiger partial charge in [-0.2, -0.15) is 0 Å². The Bertz CT molecular complexity index is 547. The Hall–Kier alpha value is -2.90. The van der Waals surface area contributed by atoms with E-state index in [0.717, 1.165) is 5.56 Å². The lowest BCUT2D eigenvalue weighted by molar-refractivity contribution is -0.127. The summed E-state index contributed by atoms with van der Waals surface area (Å²) >= 11 is 0. The van der Waals surface area contributed by atoms with E-state index in [0.29, 0.717) is 0 Å². The first kappa shape index (κ1) is 18.1. The van der Waals surface area contributed by atoms with Gasteiger partial charge in [-0.25, -0.2) is 4.79 Å². The minimum Gasteiger partial charge on any atom is -0.445 e. The van der Waals surface area contributed by atoms with Gasteiger partial charge in [0.2, 0.25) is 18.1 Å². The fourth-order valence-corrected chi connectivity index (χ4v) is 1.65. The number of carbonyl (C=O) groups is 3. The monoisotopic (exact) mass is 320 g/mol. The van der Waals surface area contributed by atoms with Gasteiger partial charge < -0.3 is 20.7 Å². The third kappa shape index (κ3) is 7.07. The summed E-state index contributed by atoms with van der Waals surface area (Å²) in [5.41, 5.74) is 0.783. The first-order valence-electron chi connectivity index (χ1n) is 6.87. The van der Waals surface area contributed by atoms with Crippen LogP contribution in [0.3, 0.4) is 0 Å². The summed E-state index contributed by atoms with van der Waals surface area (Å²) < 4.78 is 4.99. The zero-order chi connectivity index (χ0) is 17.1. The number of carbonyl (C=O) groups excluding carboxylic acids is 4. The second kappa shape index (κ2) is 9.93. The van der Waals surface area contributed by atoms with Gasteiger partial charge in [0, 0.05) is 7.05 Å². The molecule has 1 rings (SSSR count). The zero-order valence-corrected chi connectivity index (χ0v) is 12.6. The maximum atomic E-state index is 11.8. The minimum atomic E-state index is -1.15. The largest absolute Gasteiger partial charge is 0.445 e. The van der Waals surface area contributed by atoms with E-state index < -0.39 is 23.9 Å². The van der Waals surface area contributed by atoms with Crippen molar-refractivity contribution in [3.05, 3.63) is 35.9 Å². The Labute approximate surface area is 133 Å². The standard InChI is InChI=1S/C15H18N3O5/c1-16-13(20)9-12(14(21)17-7-8-19)18-15(22)23-10-11-5-3-2-4-6-11/h2-6,12H,7,9-10H2,1H3,(H,16,20)(H,17,21)(H,18,22). The van der Waals surface area contributed by atoms with Crippen molar-refractivity contribution in [1.29, 1.82) is 0 Å². The molecule has 8 nitrogen and oxygen atoms in total. The molecule has 3 amide bonds. The molecule has 123 valence electrons. The average molecular weight is 320 g/mol. The number of hydrogen-bond acceptors (Lipinski definition) is 5. The van der Waals surface area contributed by atoms with Crippen molar-refractivity contribution in [2.45, 2.75) is 19.1 Å². The van der Waals surface area contributed by atoms with Crippen LogP contribution >= 0.6 is 0 Å². The number of nitrogens with one attached hydrogen (secondary N) is 3. The van der Waals surface area contributed by atoms with Gasteiger partial charge in [0.1, 0.15) is 12.6 Å². The van der Waals surface area contributed by atoms with E-state index in [4.69, 9.17) is 4.74 Å². The lowest BCUT2D eigenvalue weighted by atomic mass is 10.2. The second-order valence-electron chi connectivity index (χ2n) is 4.50. The van der Waals surface area contributed by atoms with Gasteiger partial charge in [-0.15, -0.1) is 0 Å². The molecule has 0 heterocycles. The fraction of sp³-hybridized carbons (Fsp3) is 0.333. The number of ether oxygens (including phenoxy) is 1. The van der Waals surface area contributed by atoms with Crippen LogP contribution in [0, 0.1) is 0 Å². The van der Waals surface area contributed by atoms with Crippen LogP contribution in [0.25, 0.3) is 0 Å². The van der Waals surface area contributed by atoms with Crippen LogP contribution in [0.2, 0.25) is 0 Å². The van der Waals surface area contributed by atoms with Crippen LogP contribution in [0.1, 0.15) is 12.0 Å². The Morgan fingerprint density at radius 3 is 2.52 bits per heavy atom. The normalized spacial score (nSPS) is 11.0. The lowest BCUT2D eigenvalue weighted by Gasteiger charge is -2.17. The van der Waals surface area contributed by atoms with Gasteiger partial charge >= 0.3 is 6.09 Å². The van der Waals surface area contributed by atoms with Crippen LogP contribution < -0.4 is 16.0 Å². The molecular formula is C15H18N3O5. The number of hydrogen-bond donors (Lipinski definition) is 3. The third-order valence-corrected chi connectivity index (χ3v) is 2.82. The van der Waals surface area contributed by atoms with E-state index in [1.54, 1.807) is 24.3 Å². The van der Waals surface area contributed by atoms with Crippen molar-refractivity contribution in [3.8, 4) is 0 Å². The molecule has 0 saturated carbocycles. The Balaban J connectivity index is 2.56. The van der Waals surface area contributed by atoms with Crippen LogP contribution in [-0.4, -0.2) is 43.8 Å². The smallest absolute Gasteiger partial charge is 0.408 e. The fourth-order valence-electron chi connectivity index (χ4n) is 1.65. The van der Waals surface area contributed by atoms with E-state index >= 15 is 0 Å². The molecule has 1 radical (unpaired) electrons. The topological polar surface area (TPSA) is 114 Å². The van der Waals surface area contributed by atoms with Gasteiger partial charge in [0.05, 0.1) is 13.0 Å². The Morgan fingerprint density at radius 2 is 1.91 bits per heavy atom. The first-order chi connectivity index (χ1) is 11.1. The molecular weight excluding hydrogens is 302 g/mol. The molecule has 23 heavy (non-hydrogen) atoms. The highest BCUT2D eigenvalue weighted by Crippen LogP contribution is 2.01. The molecule has 0 aliphatic heterocycles. The first-order valence-corrected chi connectivity index (χ1v) is 6.87. The SMILES string of the molecule is CNC(=O)CC(NC(=O)OCc1ccccc1)C(=O)NC[C]=O. The summed E-state index contributed by atoms with van der Waals surface area (Å²) in [7, 11) is 1.41. The Kier molecular flexibility index (Phi) is 7.84. The number of rotatable bonds is 8. The van der Waals surface area contributed by atoms with Crippen LogP contribution in [0.4, 0.5) is 4.79 Å². The molecule has 0 fully saturated rings. The van der Waals surface area contributed by atoms with E-state index in [1.165, 1.54) is 13.3 Å². The summed E-state index contributed by atoms with van der Waals surface area (Å²) in [6.45, 7) is -0.299. The quantitative estimate of drug-likeness (QED) is 0.605. The molecule has 0 aromatic heterocycles. The molecule has 8 heteroatoms. The molecule has 0 bridgehead atoms. The van der Waals surface area contributed by atoms with Crippen LogP contribution in [0.5, 0.6) is 0 Å². The number of benzene rings is 1. The highest BCUT2D eigenvalue weighted by atomic mass is 16.5. The molecule has 1 aromatic carbocycles. The molecule has 3 N–H and O–H groups in total. The van der Waals surface area contributed by atoms with E-state index in [9.17, 15) is 19.2 Å². The summed E-state index contributed by atoms with van der Waals surface area (Å²) in [6.07, 6.45) is 0.378. The number of amides is 3. The van der Waals surface area contributed by atoms with Gasteiger partial charge in [-0.3, -0.25) is 14.4 Å². The summed E-state index contributed by atoms with van der Waals surface area (Å²) in [5, 5.41) is 6.87. The van der Waals surface area contributed by atoms with Crippen molar-refractivity contribution in [2.75, 3.05) is 13.6 Å². The van der Waals surface area contributed by atoms with E-state index in [2.05, 4.69) is 16.0 Å². The maximum absolute atomic E-state index is 11.8. The maximum Gasteiger partial charge on any atom is 0.408 e. The third-order valence-electron chi connectivity index (χ3n) is 2.82. The van der Waals surface area contributed by atoms with Crippen molar-refractivity contribution >= 4 is 24.2 Å². The molecule has 1 atom stereocenters. The Morgan fingerprint density at radius 1 is 1.22 bits per heavy atom. The van der Waals surface area contributed by atoms with E-state index in [1.807, 2.05) is 6.07 Å². The molecule has 0 aliphatic rings. The molecule has 1 unspecified atom stereocenters. The van der Waals surface area contributed by atoms with Gasteiger partial charge in [-0.1, -0.05) is 30.3 Å².